The lowest BCUT2D eigenvalue weighted by Gasteiger charge is -2.06. The number of hydrogen-bond donors (Lipinski definition) is 2. The van der Waals surface area contributed by atoms with Gasteiger partial charge in [-0.3, -0.25) is 0 Å². The van der Waals surface area contributed by atoms with Crippen LogP contribution in [-0.4, -0.2) is 23.6 Å². The molecule has 0 aromatic carbocycles. The molecule has 3 nitrogen and oxygen atoms in total. The number of hydrogen-bond acceptors (Lipinski definition) is 4. The van der Waals surface area contributed by atoms with E-state index in [1.54, 1.807) is 11.3 Å². The number of aromatic nitrogens is 1. The van der Waals surface area contributed by atoms with E-state index in [0.717, 1.165) is 18.5 Å². The molecule has 2 rings (SSSR count). The summed E-state index contributed by atoms with van der Waals surface area (Å²) in [6.07, 6.45) is 4.59. The Morgan fingerprint density at radius 2 is 2.60 bits per heavy atom. The summed E-state index contributed by atoms with van der Waals surface area (Å²) in [4.78, 5) is 4.61. The Bertz CT molecular complexity index is 303. The predicted octanol–water partition coefficient (Wildman–Crippen LogP) is 1.33. The van der Waals surface area contributed by atoms with Gasteiger partial charge in [0.15, 0.2) is 0 Å². The summed E-state index contributed by atoms with van der Waals surface area (Å²) in [6, 6.07) is 0.865. The minimum Gasteiger partial charge on any atom is -0.328 e. The Kier molecular flexibility index (Phi) is 3.72. The van der Waals surface area contributed by atoms with Crippen molar-refractivity contribution in [2.75, 3.05) is 6.54 Å². The molecule has 2 atom stereocenters. The van der Waals surface area contributed by atoms with E-state index >= 15 is 0 Å². The number of thiazole rings is 1. The quantitative estimate of drug-likeness (QED) is 0.813. The van der Waals surface area contributed by atoms with Crippen molar-refractivity contribution in [2.24, 2.45) is 5.73 Å². The summed E-state index contributed by atoms with van der Waals surface area (Å²) < 4.78 is 0. The molecule has 3 N–H and O–H groups in total. The zero-order valence-corrected chi connectivity index (χ0v) is 10.0. The largest absolute Gasteiger partial charge is 0.328 e. The van der Waals surface area contributed by atoms with Gasteiger partial charge in [-0.05, 0) is 26.3 Å². The van der Waals surface area contributed by atoms with Gasteiger partial charge in [-0.25, -0.2) is 4.98 Å². The minimum absolute atomic E-state index is 0.213. The fourth-order valence-corrected chi connectivity index (χ4v) is 2.90. The maximum absolute atomic E-state index is 5.75. The zero-order chi connectivity index (χ0) is 10.7. The first-order chi connectivity index (χ1) is 7.24. The van der Waals surface area contributed by atoms with E-state index < -0.39 is 0 Å². The molecule has 0 aliphatic carbocycles. The standard InChI is InChI=1S/C11H19N3S/c1-8(12)5-10-7-15-11(14-10)6-9-3-2-4-13-9/h7-9,13H,2-6,12H2,1H3. The summed E-state index contributed by atoms with van der Waals surface area (Å²) in [5.41, 5.74) is 6.91. The molecule has 0 amide bonds. The molecule has 0 spiro atoms. The summed E-state index contributed by atoms with van der Waals surface area (Å²) >= 11 is 1.77. The molecule has 1 aromatic heterocycles. The first-order valence-corrected chi connectivity index (χ1v) is 6.54. The number of nitrogens with zero attached hydrogens (tertiary/aromatic N) is 1. The maximum atomic E-state index is 5.75. The fourth-order valence-electron chi connectivity index (χ4n) is 2.01. The van der Waals surface area contributed by atoms with Gasteiger partial charge in [0.25, 0.3) is 0 Å². The lowest BCUT2D eigenvalue weighted by atomic mass is 10.2. The van der Waals surface area contributed by atoms with Crippen molar-refractivity contribution < 1.29 is 0 Å². The Labute approximate surface area is 95.1 Å². The maximum Gasteiger partial charge on any atom is 0.0943 e. The molecule has 84 valence electrons. The average molecular weight is 225 g/mol. The van der Waals surface area contributed by atoms with E-state index in [4.69, 9.17) is 5.73 Å². The molecular weight excluding hydrogens is 206 g/mol. The monoisotopic (exact) mass is 225 g/mol. The third-order valence-electron chi connectivity index (χ3n) is 2.71. The van der Waals surface area contributed by atoms with Crippen LogP contribution in [0.2, 0.25) is 0 Å². The van der Waals surface area contributed by atoms with Crippen molar-refractivity contribution in [3.63, 3.8) is 0 Å². The van der Waals surface area contributed by atoms with Crippen LogP contribution in [0.15, 0.2) is 5.38 Å². The highest BCUT2D eigenvalue weighted by Crippen LogP contribution is 2.16. The normalized spacial score (nSPS) is 23.2. The van der Waals surface area contributed by atoms with Crippen LogP contribution in [0.3, 0.4) is 0 Å². The average Bonchev–Trinajstić information content (AvgIpc) is 2.77. The molecule has 1 fully saturated rings. The van der Waals surface area contributed by atoms with Gasteiger partial charge in [-0.1, -0.05) is 0 Å². The lowest BCUT2D eigenvalue weighted by Crippen LogP contribution is -2.23. The van der Waals surface area contributed by atoms with Crippen LogP contribution in [0.1, 0.15) is 30.5 Å². The molecule has 15 heavy (non-hydrogen) atoms. The summed E-state index contributed by atoms with van der Waals surface area (Å²) in [7, 11) is 0. The molecule has 0 saturated carbocycles. The van der Waals surface area contributed by atoms with Crippen LogP contribution in [0.25, 0.3) is 0 Å². The van der Waals surface area contributed by atoms with Crippen molar-refractivity contribution in [2.45, 2.75) is 44.7 Å². The van der Waals surface area contributed by atoms with Gasteiger partial charge in [0, 0.05) is 30.3 Å². The van der Waals surface area contributed by atoms with Crippen molar-refractivity contribution in [3.8, 4) is 0 Å². The Morgan fingerprint density at radius 3 is 3.27 bits per heavy atom. The van der Waals surface area contributed by atoms with Gasteiger partial charge in [0.2, 0.25) is 0 Å². The van der Waals surface area contributed by atoms with Gasteiger partial charge in [-0.15, -0.1) is 11.3 Å². The molecule has 1 aliphatic heterocycles. The van der Waals surface area contributed by atoms with E-state index in [0.29, 0.717) is 6.04 Å². The van der Waals surface area contributed by atoms with Crippen LogP contribution in [0, 0.1) is 0 Å². The molecule has 4 heteroatoms. The minimum atomic E-state index is 0.213. The second-order valence-corrected chi connectivity index (χ2v) is 5.35. The SMILES string of the molecule is CC(N)Cc1csc(CC2CCCN2)n1. The Hall–Kier alpha value is -0.450. The molecule has 1 aliphatic rings. The van der Waals surface area contributed by atoms with Gasteiger partial charge in [0.1, 0.15) is 0 Å². The highest BCUT2D eigenvalue weighted by molar-refractivity contribution is 7.09. The Balaban J connectivity index is 1.88. The van der Waals surface area contributed by atoms with Gasteiger partial charge < -0.3 is 11.1 Å². The molecule has 1 saturated heterocycles. The topological polar surface area (TPSA) is 50.9 Å². The predicted molar refractivity (Wildman–Crippen MR) is 64.2 cm³/mol. The third-order valence-corrected chi connectivity index (χ3v) is 3.63. The zero-order valence-electron chi connectivity index (χ0n) is 9.20. The molecule has 2 unspecified atom stereocenters. The van der Waals surface area contributed by atoms with Crippen molar-refractivity contribution >= 4 is 11.3 Å². The summed E-state index contributed by atoms with van der Waals surface area (Å²) in [5, 5.41) is 6.90. The van der Waals surface area contributed by atoms with Gasteiger partial charge >= 0.3 is 0 Å². The van der Waals surface area contributed by atoms with Gasteiger partial charge in [0.05, 0.1) is 10.7 Å². The van der Waals surface area contributed by atoms with Gasteiger partial charge in [-0.2, -0.15) is 0 Å². The highest BCUT2D eigenvalue weighted by atomic mass is 32.1. The van der Waals surface area contributed by atoms with Crippen LogP contribution in [0.4, 0.5) is 0 Å². The number of nitrogens with one attached hydrogen (secondary N) is 1. The van der Waals surface area contributed by atoms with E-state index in [-0.39, 0.29) is 6.04 Å². The van der Waals surface area contributed by atoms with Crippen LogP contribution in [-0.2, 0) is 12.8 Å². The summed E-state index contributed by atoms with van der Waals surface area (Å²) in [6.45, 7) is 3.19. The fraction of sp³-hybridized carbons (Fsp3) is 0.727. The van der Waals surface area contributed by atoms with E-state index in [2.05, 4.69) is 15.7 Å². The molecule has 2 heterocycles. The summed E-state index contributed by atoms with van der Waals surface area (Å²) in [5.74, 6) is 0. The molecule has 0 radical (unpaired) electrons. The van der Waals surface area contributed by atoms with Crippen LogP contribution >= 0.6 is 11.3 Å². The molecule has 1 aromatic rings. The van der Waals surface area contributed by atoms with E-state index in [1.165, 1.54) is 24.4 Å². The lowest BCUT2D eigenvalue weighted by molar-refractivity contribution is 0.599. The second kappa shape index (κ2) is 5.05. The molecule has 0 bridgehead atoms. The van der Waals surface area contributed by atoms with Crippen LogP contribution in [0.5, 0.6) is 0 Å². The van der Waals surface area contributed by atoms with Crippen LogP contribution < -0.4 is 11.1 Å². The molecular formula is C11H19N3S. The van der Waals surface area contributed by atoms with E-state index in [9.17, 15) is 0 Å². The van der Waals surface area contributed by atoms with E-state index in [1.807, 2.05) is 6.92 Å². The number of rotatable bonds is 4. The first-order valence-electron chi connectivity index (χ1n) is 5.66. The Morgan fingerprint density at radius 1 is 1.73 bits per heavy atom. The van der Waals surface area contributed by atoms with Crippen molar-refractivity contribution in [1.82, 2.24) is 10.3 Å². The van der Waals surface area contributed by atoms with Crippen molar-refractivity contribution in [1.29, 1.82) is 0 Å². The number of nitrogens with two attached hydrogens (primary N) is 1. The second-order valence-electron chi connectivity index (χ2n) is 4.41. The first kappa shape index (κ1) is 11.0. The third kappa shape index (κ3) is 3.26. The van der Waals surface area contributed by atoms with Crippen molar-refractivity contribution in [3.05, 3.63) is 16.1 Å². The smallest absolute Gasteiger partial charge is 0.0943 e. The highest BCUT2D eigenvalue weighted by Gasteiger charge is 2.16.